The molecule has 0 saturated carbocycles. The Balaban J connectivity index is 1.50. The van der Waals surface area contributed by atoms with E-state index < -0.39 is 23.2 Å². The first-order valence-electron chi connectivity index (χ1n) is 9.66. The first kappa shape index (κ1) is 19.0. The standard InChI is InChI=1S/C23H19N3O3Se/c1-23(2)22(26-12-14(24-25-26)13-30-15-8-4-3-5-9-15)18-20(28)19(27)16-10-6-7-11-17(16)21(18)29-23/h3-12,22H,13H2,1-2H3. The van der Waals surface area contributed by atoms with E-state index in [0.717, 1.165) is 11.0 Å². The van der Waals surface area contributed by atoms with Crippen LogP contribution in [0.15, 0.2) is 66.4 Å². The Morgan fingerprint density at radius 2 is 1.70 bits per heavy atom. The van der Waals surface area contributed by atoms with Crippen LogP contribution in [0, 0.1) is 0 Å². The van der Waals surface area contributed by atoms with Gasteiger partial charge in [0.15, 0.2) is 0 Å². The van der Waals surface area contributed by atoms with Gasteiger partial charge in [0, 0.05) is 0 Å². The van der Waals surface area contributed by atoms with Crippen molar-refractivity contribution >= 4 is 36.7 Å². The summed E-state index contributed by atoms with van der Waals surface area (Å²) in [5.74, 6) is -0.538. The Bertz CT molecular complexity index is 1200. The summed E-state index contributed by atoms with van der Waals surface area (Å²) in [5, 5.41) is 9.43. The van der Waals surface area contributed by atoms with Gasteiger partial charge in [0.2, 0.25) is 0 Å². The van der Waals surface area contributed by atoms with Gasteiger partial charge in [0.25, 0.3) is 0 Å². The maximum atomic E-state index is 13.0. The molecule has 2 heterocycles. The number of carbonyl (C=O) groups excluding carboxylic acids is 2. The van der Waals surface area contributed by atoms with E-state index in [1.54, 1.807) is 16.8 Å². The summed E-state index contributed by atoms with van der Waals surface area (Å²) in [5.41, 5.74) is 1.54. The number of carbonyl (C=O) groups is 2. The van der Waals surface area contributed by atoms with Gasteiger partial charge in [-0.2, -0.15) is 0 Å². The molecule has 150 valence electrons. The van der Waals surface area contributed by atoms with Crippen molar-refractivity contribution in [2.45, 2.75) is 30.8 Å². The number of aromatic nitrogens is 3. The van der Waals surface area contributed by atoms with Crippen molar-refractivity contribution in [3.63, 3.8) is 0 Å². The van der Waals surface area contributed by atoms with Crippen LogP contribution >= 0.6 is 0 Å². The van der Waals surface area contributed by atoms with E-state index in [1.165, 1.54) is 4.46 Å². The molecule has 5 rings (SSSR count). The van der Waals surface area contributed by atoms with E-state index >= 15 is 0 Å². The van der Waals surface area contributed by atoms with Crippen LogP contribution in [-0.4, -0.2) is 47.1 Å². The summed E-state index contributed by atoms with van der Waals surface area (Å²) >= 11 is 0.240. The van der Waals surface area contributed by atoms with E-state index in [1.807, 2.05) is 50.4 Å². The van der Waals surface area contributed by atoms with Crippen molar-refractivity contribution in [2.75, 3.05) is 0 Å². The molecule has 2 aliphatic rings. The summed E-state index contributed by atoms with van der Waals surface area (Å²) < 4.78 is 9.19. The van der Waals surface area contributed by atoms with Crippen molar-refractivity contribution < 1.29 is 14.3 Å². The Morgan fingerprint density at radius 3 is 2.47 bits per heavy atom. The number of fused-ring (bicyclic) bond motifs is 2. The molecule has 0 spiro atoms. The average molecular weight is 464 g/mol. The van der Waals surface area contributed by atoms with Crippen LogP contribution < -0.4 is 4.46 Å². The molecule has 0 bridgehead atoms. The van der Waals surface area contributed by atoms with Gasteiger partial charge in [-0.15, -0.1) is 0 Å². The van der Waals surface area contributed by atoms with E-state index in [9.17, 15) is 9.59 Å². The molecule has 1 aromatic heterocycles. The monoisotopic (exact) mass is 465 g/mol. The third-order valence-corrected chi connectivity index (χ3v) is 7.55. The van der Waals surface area contributed by atoms with E-state index in [-0.39, 0.29) is 15.0 Å². The quantitative estimate of drug-likeness (QED) is 0.438. The number of hydrogen-bond acceptors (Lipinski definition) is 5. The predicted octanol–water partition coefficient (Wildman–Crippen LogP) is 2.33. The number of benzene rings is 2. The second-order valence-electron chi connectivity index (χ2n) is 7.85. The molecule has 3 aromatic rings. The van der Waals surface area contributed by atoms with Crippen LogP contribution in [-0.2, 0) is 14.9 Å². The van der Waals surface area contributed by atoms with Gasteiger partial charge in [0.05, 0.1) is 0 Å². The minimum atomic E-state index is -0.742. The molecule has 7 heteroatoms. The van der Waals surface area contributed by atoms with Crippen molar-refractivity contribution in [3.8, 4) is 0 Å². The van der Waals surface area contributed by atoms with E-state index in [4.69, 9.17) is 4.74 Å². The zero-order valence-electron chi connectivity index (χ0n) is 16.5. The summed E-state index contributed by atoms with van der Waals surface area (Å²) in [6, 6.07) is 16.9. The van der Waals surface area contributed by atoms with Crippen LogP contribution in [0.25, 0.3) is 5.76 Å². The molecule has 0 fully saturated rings. The number of hydrogen-bond donors (Lipinski definition) is 0. The molecule has 6 nitrogen and oxygen atoms in total. The van der Waals surface area contributed by atoms with E-state index in [0.29, 0.717) is 22.5 Å². The maximum absolute atomic E-state index is 13.0. The van der Waals surface area contributed by atoms with Crippen molar-refractivity contribution in [1.82, 2.24) is 15.0 Å². The molecule has 1 unspecified atom stereocenters. The number of rotatable bonds is 4. The predicted molar refractivity (Wildman–Crippen MR) is 112 cm³/mol. The zero-order chi connectivity index (χ0) is 20.9. The SMILES string of the molecule is CC1(C)OC2=C(C(=O)C(=O)c3ccccc32)C1n1cc(C[Se]c2ccccc2)nn1. The van der Waals surface area contributed by atoms with Crippen LogP contribution in [0.5, 0.6) is 0 Å². The molecule has 0 radical (unpaired) electrons. The van der Waals surface area contributed by atoms with Gasteiger partial charge in [-0.25, -0.2) is 0 Å². The van der Waals surface area contributed by atoms with Crippen LogP contribution in [0.2, 0.25) is 0 Å². The van der Waals surface area contributed by atoms with Gasteiger partial charge in [-0.1, -0.05) is 0 Å². The molecular weight excluding hydrogens is 445 g/mol. The minimum absolute atomic E-state index is 0.240. The molecule has 2 aromatic carbocycles. The number of Topliss-reactive ketones (excluding diaryl/α,β-unsaturated/α-hetero) is 2. The van der Waals surface area contributed by atoms with Crippen molar-refractivity contribution in [2.24, 2.45) is 0 Å². The zero-order valence-corrected chi connectivity index (χ0v) is 18.2. The van der Waals surface area contributed by atoms with Gasteiger partial charge in [-0.3, -0.25) is 0 Å². The van der Waals surface area contributed by atoms with Crippen LogP contribution in [0.1, 0.15) is 41.5 Å². The molecule has 1 aliphatic carbocycles. The third-order valence-electron chi connectivity index (χ3n) is 5.36. The van der Waals surface area contributed by atoms with Crippen molar-refractivity contribution in [1.29, 1.82) is 0 Å². The summed E-state index contributed by atoms with van der Waals surface area (Å²) in [7, 11) is 0. The van der Waals surface area contributed by atoms with Gasteiger partial charge in [0.1, 0.15) is 0 Å². The Morgan fingerprint density at radius 1 is 1.00 bits per heavy atom. The van der Waals surface area contributed by atoms with Gasteiger partial charge >= 0.3 is 180 Å². The fourth-order valence-corrected chi connectivity index (χ4v) is 5.70. The Labute approximate surface area is 180 Å². The second kappa shape index (κ2) is 7.04. The van der Waals surface area contributed by atoms with E-state index in [2.05, 4.69) is 22.4 Å². The first-order chi connectivity index (χ1) is 14.5. The normalized spacial score (nSPS) is 19.5. The second-order valence-corrected chi connectivity index (χ2v) is 10.0. The first-order valence-corrected chi connectivity index (χ1v) is 11.7. The molecular formula is C23H19N3O3Se. The number of nitrogens with zero attached hydrogens (tertiary/aromatic N) is 3. The summed E-state index contributed by atoms with van der Waals surface area (Å²) in [4.78, 5) is 25.7. The molecule has 30 heavy (non-hydrogen) atoms. The molecule has 1 atom stereocenters. The Kier molecular flexibility index (Phi) is 4.45. The number of ether oxygens (including phenoxy) is 1. The molecule has 1 aliphatic heterocycles. The fraction of sp³-hybridized carbons (Fsp3) is 0.217. The van der Waals surface area contributed by atoms with Gasteiger partial charge < -0.3 is 0 Å². The van der Waals surface area contributed by atoms with Gasteiger partial charge in [-0.05, 0) is 0 Å². The third kappa shape index (κ3) is 3.02. The molecule has 0 amide bonds. The topological polar surface area (TPSA) is 74.1 Å². The Hall–Kier alpha value is -3.02. The summed E-state index contributed by atoms with van der Waals surface area (Å²) in [6.45, 7) is 3.82. The fourth-order valence-electron chi connectivity index (χ4n) is 4.03. The number of ketones is 2. The van der Waals surface area contributed by atoms with Crippen LogP contribution in [0.4, 0.5) is 0 Å². The molecule has 0 saturated heterocycles. The molecule has 0 N–H and O–H groups in total. The average Bonchev–Trinajstić information content (AvgIpc) is 3.32. The van der Waals surface area contributed by atoms with Crippen molar-refractivity contribution in [3.05, 3.63) is 83.2 Å². The van der Waals surface area contributed by atoms with Crippen LogP contribution in [0.3, 0.4) is 0 Å². The summed E-state index contributed by atoms with van der Waals surface area (Å²) in [6.07, 6.45) is 1.87.